The molecule has 4 heteroatoms. The third-order valence-electron chi connectivity index (χ3n) is 9.97. The van der Waals surface area contributed by atoms with Crippen molar-refractivity contribution in [2.75, 3.05) is 0 Å². The number of rotatable bonds is 0. The fourth-order valence-corrected chi connectivity index (χ4v) is 8.15. The minimum atomic E-state index is -0.930. The van der Waals surface area contributed by atoms with Gasteiger partial charge in [-0.15, -0.1) is 0 Å². The lowest BCUT2D eigenvalue weighted by atomic mass is 9.43. The second-order valence-corrected chi connectivity index (χ2v) is 10.6. The zero-order valence-corrected chi connectivity index (χ0v) is 15.9. The van der Waals surface area contributed by atoms with Crippen molar-refractivity contribution in [3.63, 3.8) is 0 Å². The molecule has 0 aromatic rings. The number of hydrazone groups is 1. The minimum absolute atomic E-state index is 0.121. The summed E-state index contributed by atoms with van der Waals surface area (Å²) < 4.78 is 0. The summed E-state index contributed by atoms with van der Waals surface area (Å²) in [6, 6.07) is 0.567. The molecule has 0 aromatic carbocycles. The normalized spacial score (nSPS) is 62.5. The SMILES string of the molecule is C[C@]12CC3C=NNC3C[C@@H]1CC[C@H]1[C@@H]2CC[C@@]2(C)[C@H]1C[C@H](O)[C@]2(C)O. The Balaban J connectivity index is 1.47. The molecule has 4 saturated carbocycles. The minimum Gasteiger partial charge on any atom is -0.390 e. The van der Waals surface area contributed by atoms with E-state index in [2.05, 4.69) is 30.6 Å². The van der Waals surface area contributed by atoms with Gasteiger partial charge in [0, 0.05) is 17.5 Å². The van der Waals surface area contributed by atoms with E-state index in [0.29, 0.717) is 29.2 Å². The Morgan fingerprint density at radius 3 is 2.68 bits per heavy atom. The molecule has 0 amide bonds. The van der Waals surface area contributed by atoms with E-state index < -0.39 is 11.7 Å². The molecule has 140 valence electrons. The average Bonchev–Trinajstić information content (AvgIpc) is 3.07. The van der Waals surface area contributed by atoms with E-state index in [1.807, 2.05) is 6.92 Å². The molecular formula is C21H34N2O2. The molecule has 10 atom stereocenters. The van der Waals surface area contributed by atoms with Crippen LogP contribution in [0.1, 0.15) is 65.7 Å². The number of fused-ring (bicyclic) bond motifs is 6. The van der Waals surface area contributed by atoms with Gasteiger partial charge in [0.25, 0.3) is 0 Å². The number of aliphatic hydroxyl groups is 2. The monoisotopic (exact) mass is 346 g/mol. The van der Waals surface area contributed by atoms with E-state index in [4.69, 9.17) is 0 Å². The van der Waals surface area contributed by atoms with E-state index in [9.17, 15) is 10.2 Å². The molecule has 4 fully saturated rings. The van der Waals surface area contributed by atoms with Crippen molar-refractivity contribution in [2.24, 2.45) is 45.5 Å². The van der Waals surface area contributed by atoms with E-state index in [0.717, 1.165) is 24.7 Å². The van der Waals surface area contributed by atoms with E-state index in [1.165, 1.54) is 32.1 Å². The number of nitrogens with one attached hydrogen (secondary N) is 1. The second-order valence-electron chi connectivity index (χ2n) is 10.6. The molecule has 4 aliphatic carbocycles. The highest BCUT2D eigenvalue weighted by Gasteiger charge is 2.66. The second kappa shape index (κ2) is 5.01. The van der Waals surface area contributed by atoms with Crippen LogP contribution < -0.4 is 5.43 Å². The highest BCUT2D eigenvalue weighted by Crippen LogP contribution is 2.68. The first-order valence-corrected chi connectivity index (χ1v) is 10.5. The Kier molecular flexibility index (Phi) is 3.32. The van der Waals surface area contributed by atoms with Gasteiger partial charge in [-0.2, -0.15) is 5.10 Å². The molecule has 5 rings (SSSR count). The summed E-state index contributed by atoms with van der Waals surface area (Å²) in [6.07, 6.45) is 9.80. The summed E-state index contributed by atoms with van der Waals surface area (Å²) in [5, 5.41) is 26.0. The summed E-state index contributed by atoms with van der Waals surface area (Å²) in [5.74, 6) is 3.31. The van der Waals surface area contributed by atoms with Gasteiger partial charge >= 0.3 is 0 Å². The van der Waals surface area contributed by atoms with Gasteiger partial charge in [-0.1, -0.05) is 13.8 Å². The van der Waals surface area contributed by atoms with Crippen molar-refractivity contribution in [1.82, 2.24) is 5.43 Å². The zero-order chi connectivity index (χ0) is 17.6. The molecule has 1 aliphatic heterocycles. The summed E-state index contributed by atoms with van der Waals surface area (Å²) in [7, 11) is 0. The summed E-state index contributed by atoms with van der Waals surface area (Å²) in [6.45, 7) is 6.70. The van der Waals surface area contributed by atoms with Crippen LogP contribution in [0.2, 0.25) is 0 Å². The molecule has 0 saturated heterocycles. The summed E-state index contributed by atoms with van der Waals surface area (Å²) in [5.41, 5.74) is 2.70. The molecule has 0 radical (unpaired) electrons. The third-order valence-corrected chi connectivity index (χ3v) is 9.97. The van der Waals surface area contributed by atoms with Crippen LogP contribution in [-0.2, 0) is 0 Å². The van der Waals surface area contributed by atoms with Gasteiger partial charge in [-0.3, -0.25) is 0 Å². The fourth-order valence-electron chi connectivity index (χ4n) is 8.15. The Bertz CT molecular complexity index is 605. The molecule has 0 spiro atoms. The Labute approximate surface area is 151 Å². The van der Waals surface area contributed by atoms with E-state index in [-0.39, 0.29) is 5.41 Å². The van der Waals surface area contributed by atoms with Crippen LogP contribution in [-0.4, -0.2) is 34.2 Å². The number of hydrogen-bond acceptors (Lipinski definition) is 4. The molecule has 0 bridgehead atoms. The molecular weight excluding hydrogens is 312 g/mol. The topological polar surface area (TPSA) is 64.9 Å². The van der Waals surface area contributed by atoms with Crippen molar-refractivity contribution in [3.8, 4) is 0 Å². The van der Waals surface area contributed by atoms with Crippen molar-refractivity contribution in [2.45, 2.75) is 83.5 Å². The van der Waals surface area contributed by atoms with Gasteiger partial charge in [0.2, 0.25) is 0 Å². The molecule has 3 N–H and O–H groups in total. The first-order chi connectivity index (χ1) is 11.8. The highest BCUT2D eigenvalue weighted by molar-refractivity contribution is 5.64. The smallest absolute Gasteiger partial charge is 0.0933 e. The third kappa shape index (κ3) is 1.93. The lowest BCUT2D eigenvalue weighted by molar-refractivity contribution is -0.162. The van der Waals surface area contributed by atoms with Gasteiger partial charge in [-0.25, -0.2) is 0 Å². The van der Waals surface area contributed by atoms with Crippen molar-refractivity contribution >= 4 is 6.21 Å². The number of hydrogen-bond donors (Lipinski definition) is 3. The van der Waals surface area contributed by atoms with Crippen LogP contribution in [0.15, 0.2) is 5.10 Å². The first-order valence-electron chi connectivity index (χ1n) is 10.5. The highest BCUT2D eigenvalue weighted by atomic mass is 16.3. The standard InChI is InChI=1S/C21H34N2O2/c1-19-10-12-11-22-23-17(12)8-13(19)4-5-14-15(19)6-7-20(2)16(14)9-18(24)21(20,3)25/h11-18,23-25H,4-10H2,1-3H3/t12?,13-,14-,15-,16-,17?,18-,19-,20-,21-/m0/s1. The number of nitrogens with zero attached hydrogens (tertiary/aromatic N) is 1. The van der Waals surface area contributed by atoms with Gasteiger partial charge in [0.05, 0.1) is 17.7 Å². The zero-order valence-electron chi connectivity index (χ0n) is 15.9. The molecule has 2 unspecified atom stereocenters. The largest absolute Gasteiger partial charge is 0.390 e. The molecule has 1 heterocycles. The van der Waals surface area contributed by atoms with Crippen LogP contribution in [0.4, 0.5) is 0 Å². The predicted molar refractivity (Wildman–Crippen MR) is 98.0 cm³/mol. The maximum absolute atomic E-state index is 11.1. The lowest BCUT2D eigenvalue weighted by Crippen LogP contribution is -2.58. The molecule has 5 aliphatic rings. The quantitative estimate of drug-likeness (QED) is 0.632. The Hall–Kier alpha value is -0.610. The van der Waals surface area contributed by atoms with Gasteiger partial charge in [0.1, 0.15) is 0 Å². The average molecular weight is 347 g/mol. The van der Waals surface area contributed by atoms with Crippen molar-refractivity contribution < 1.29 is 10.2 Å². The first kappa shape index (κ1) is 16.6. The summed E-state index contributed by atoms with van der Waals surface area (Å²) >= 11 is 0. The number of aliphatic hydroxyl groups excluding tert-OH is 1. The van der Waals surface area contributed by atoms with Crippen LogP contribution in [0.3, 0.4) is 0 Å². The Morgan fingerprint density at radius 2 is 1.88 bits per heavy atom. The van der Waals surface area contributed by atoms with Crippen LogP contribution in [0.5, 0.6) is 0 Å². The van der Waals surface area contributed by atoms with Crippen molar-refractivity contribution in [3.05, 3.63) is 0 Å². The lowest BCUT2D eigenvalue weighted by Gasteiger charge is -2.62. The predicted octanol–water partition coefficient (Wildman–Crippen LogP) is 2.93. The maximum Gasteiger partial charge on any atom is 0.0933 e. The molecule has 25 heavy (non-hydrogen) atoms. The van der Waals surface area contributed by atoms with E-state index >= 15 is 0 Å². The van der Waals surface area contributed by atoms with Gasteiger partial charge in [-0.05, 0) is 81.0 Å². The van der Waals surface area contributed by atoms with Crippen molar-refractivity contribution in [1.29, 1.82) is 0 Å². The Morgan fingerprint density at radius 1 is 1.08 bits per heavy atom. The van der Waals surface area contributed by atoms with E-state index in [1.54, 1.807) is 0 Å². The summed E-state index contributed by atoms with van der Waals surface area (Å²) in [4.78, 5) is 0. The fraction of sp³-hybridized carbons (Fsp3) is 0.952. The van der Waals surface area contributed by atoms with Gasteiger partial charge in [0.15, 0.2) is 0 Å². The maximum atomic E-state index is 11.1. The van der Waals surface area contributed by atoms with Crippen LogP contribution in [0, 0.1) is 40.4 Å². The van der Waals surface area contributed by atoms with Crippen LogP contribution in [0.25, 0.3) is 0 Å². The van der Waals surface area contributed by atoms with Crippen LogP contribution >= 0.6 is 0 Å². The molecule has 4 nitrogen and oxygen atoms in total. The molecule has 0 aromatic heterocycles. The van der Waals surface area contributed by atoms with Gasteiger partial charge < -0.3 is 15.6 Å².